The van der Waals surface area contributed by atoms with Crippen LogP contribution in [0.3, 0.4) is 0 Å². The number of para-hydroxylation sites is 1. The lowest BCUT2D eigenvalue weighted by Gasteiger charge is -2.27. The Kier molecular flexibility index (Phi) is 3.38. The van der Waals surface area contributed by atoms with E-state index in [0.29, 0.717) is 0 Å². The van der Waals surface area contributed by atoms with Gasteiger partial charge in [-0.3, -0.25) is 4.99 Å². The quantitative estimate of drug-likeness (QED) is 0.354. The van der Waals surface area contributed by atoms with Crippen LogP contribution in [0, 0.1) is 0 Å². The van der Waals surface area contributed by atoms with Gasteiger partial charge in [0.15, 0.2) is 0 Å². The molecular weight excluding hydrogens is 296 g/mol. The first-order chi connectivity index (χ1) is 11.9. The van der Waals surface area contributed by atoms with E-state index >= 15 is 0 Å². The van der Waals surface area contributed by atoms with Gasteiger partial charge in [0.2, 0.25) is 0 Å². The monoisotopic (exact) mass is 310 g/mol. The Bertz CT molecular complexity index is 957. The van der Waals surface area contributed by atoms with Gasteiger partial charge >= 0.3 is 0 Å². The van der Waals surface area contributed by atoms with Crippen molar-refractivity contribution in [1.29, 1.82) is 0 Å². The van der Waals surface area contributed by atoms with E-state index in [9.17, 15) is 5.53 Å². The van der Waals surface area contributed by atoms with Crippen molar-refractivity contribution in [1.82, 2.24) is 0 Å². The number of azide groups is 1. The van der Waals surface area contributed by atoms with E-state index in [2.05, 4.69) is 10.0 Å². The summed E-state index contributed by atoms with van der Waals surface area (Å²) in [5.74, 6) is 0. The standard InChI is InChI=1S/C20H14N4/c21-24-23-20(16-11-5-2-6-12-16)17-13-7-8-14-18(17)22-19(20)15-9-3-1-4-10-15/h1-14H. The van der Waals surface area contributed by atoms with Crippen LogP contribution in [0.1, 0.15) is 16.7 Å². The summed E-state index contributed by atoms with van der Waals surface area (Å²) in [5, 5.41) is 4.27. The van der Waals surface area contributed by atoms with Gasteiger partial charge < -0.3 is 0 Å². The van der Waals surface area contributed by atoms with Crippen molar-refractivity contribution in [2.45, 2.75) is 5.54 Å². The smallest absolute Gasteiger partial charge is 0.143 e. The lowest BCUT2D eigenvalue weighted by Crippen LogP contribution is -2.32. The Labute approximate surface area is 139 Å². The normalized spacial score (nSPS) is 18.4. The third-order valence-electron chi connectivity index (χ3n) is 4.30. The van der Waals surface area contributed by atoms with E-state index in [-0.39, 0.29) is 0 Å². The zero-order valence-corrected chi connectivity index (χ0v) is 12.9. The molecule has 0 aliphatic carbocycles. The second kappa shape index (κ2) is 5.69. The minimum Gasteiger partial charge on any atom is -0.251 e. The number of nitrogens with zero attached hydrogens (tertiary/aromatic N) is 4. The van der Waals surface area contributed by atoms with Crippen LogP contribution >= 0.6 is 0 Å². The van der Waals surface area contributed by atoms with Crippen molar-refractivity contribution in [3.8, 4) is 0 Å². The second-order valence-electron chi connectivity index (χ2n) is 5.61. The Morgan fingerprint density at radius 2 is 1.42 bits per heavy atom. The van der Waals surface area contributed by atoms with Crippen LogP contribution in [0.5, 0.6) is 0 Å². The molecule has 1 unspecified atom stereocenters. The van der Waals surface area contributed by atoms with Crippen LogP contribution in [0.15, 0.2) is 95.0 Å². The van der Waals surface area contributed by atoms with Crippen molar-refractivity contribution >= 4 is 11.4 Å². The highest BCUT2D eigenvalue weighted by Gasteiger charge is 2.45. The molecule has 0 saturated heterocycles. The summed E-state index contributed by atoms with van der Waals surface area (Å²) in [4.78, 5) is 8.01. The molecule has 0 saturated carbocycles. The SMILES string of the molecule is [N-]=[N+]=NC1(c2ccccc2)C(c2ccccc2)=Nc2ccccc21. The molecule has 1 aliphatic rings. The van der Waals surface area contributed by atoms with Crippen molar-refractivity contribution in [3.05, 3.63) is 112 Å². The van der Waals surface area contributed by atoms with E-state index in [1.165, 1.54) is 0 Å². The van der Waals surface area contributed by atoms with Gasteiger partial charge in [-0.1, -0.05) is 84.0 Å². The molecule has 114 valence electrons. The minimum absolute atomic E-state index is 0.758. The zero-order valence-electron chi connectivity index (χ0n) is 12.9. The van der Waals surface area contributed by atoms with Crippen molar-refractivity contribution < 1.29 is 0 Å². The molecule has 0 radical (unpaired) electrons. The summed E-state index contributed by atoms with van der Waals surface area (Å²) in [6, 6.07) is 27.5. The number of benzene rings is 3. The summed E-state index contributed by atoms with van der Waals surface area (Å²) >= 11 is 0. The maximum absolute atomic E-state index is 9.35. The highest BCUT2D eigenvalue weighted by atomic mass is 15.2. The van der Waals surface area contributed by atoms with Gasteiger partial charge in [0.25, 0.3) is 0 Å². The van der Waals surface area contributed by atoms with Gasteiger partial charge in [-0.15, -0.1) is 0 Å². The fraction of sp³-hybridized carbons (Fsp3) is 0.0500. The first kappa shape index (κ1) is 14.2. The summed E-state index contributed by atoms with van der Waals surface area (Å²) < 4.78 is 0. The molecule has 4 nitrogen and oxygen atoms in total. The van der Waals surface area contributed by atoms with Crippen LogP contribution in [-0.2, 0) is 5.54 Å². The molecule has 0 spiro atoms. The van der Waals surface area contributed by atoms with E-state index in [4.69, 9.17) is 4.99 Å². The molecule has 0 N–H and O–H groups in total. The third kappa shape index (κ3) is 2.02. The van der Waals surface area contributed by atoms with Crippen molar-refractivity contribution in [2.24, 2.45) is 10.1 Å². The summed E-state index contributed by atoms with van der Waals surface area (Å²) in [5.41, 5.74) is 12.8. The molecule has 0 amide bonds. The second-order valence-corrected chi connectivity index (χ2v) is 5.61. The highest BCUT2D eigenvalue weighted by molar-refractivity contribution is 6.14. The predicted octanol–water partition coefficient (Wildman–Crippen LogP) is 5.37. The van der Waals surface area contributed by atoms with Gasteiger partial charge in [0.1, 0.15) is 5.54 Å². The Balaban J connectivity index is 2.08. The number of rotatable bonds is 3. The Morgan fingerprint density at radius 1 is 0.792 bits per heavy atom. The summed E-state index contributed by atoms with van der Waals surface area (Å²) in [7, 11) is 0. The minimum atomic E-state index is -0.950. The van der Waals surface area contributed by atoms with Crippen molar-refractivity contribution in [2.75, 3.05) is 0 Å². The Hall–Kier alpha value is -3.36. The lowest BCUT2D eigenvalue weighted by molar-refractivity contribution is 0.739. The topological polar surface area (TPSA) is 61.1 Å². The predicted molar refractivity (Wildman–Crippen MR) is 95.4 cm³/mol. The van der Waals surface area contributed by atoms with Crippen LogP contribution in [-0.4, -0.2) is 5.71 Å². The maximum Gasteiger partial charge on any atom is 0.143 e. The van der Waals surface area contributed by atoms with Gasteiger partial charge in [-0.2, -0.15) is 0 Å². The summed E-state index contributed by atoms with van der Waals surface area (Å²) in [6.45, 7) is 0. The summed E-state index contributed by atoms with van der Waals surface area (Å²) in [6.07, 6.45) is 0. The van der Waals surface area contributed by atoms with Gasteiger partial charge in [0, 0.05) is 10.5 Å². The van der Waals surface area contributed by atoms with Gasteiger partial charge in [-0.25, -0.2) is 0 Å². The highest BCUT2D eigenvalue weighted by Crippen LogP contribution is 2.47. The van der Waals surface area contributed by atoms with E-state index in [1.807, 2.05) is 84.9 Å². The van der Waals surface area contributed by atoms with Gasteiger partial charge in [-0.05, 0) is 22.7 Å². The van der Waals surface area contributed by atoms with Gasteiger partial charge in [0.05, 0.1) is 11.4 Å². The van der Waals surface area contributed by atoms with E-state index in [1.54, 1.807) is 0 Å². The molecule has 1 atom stereocenters. The third-order valence-corrected chi connectivity index (χ3v) is 4.30. The largest absolute Gasteiger partial charge is 0.251 e. The number of hydrogen-bond acceptors (Lipinski definition) is 2. The van der Waals surface area contributed by atoms with Crippen LogP contribution in [0.25, 0.3) is 10.4 Å². The molecule has 3 aromatic rings. The van der Waals surface area contributed by atoms with Crippen LogP contribution in [0.4, 0.5) is 5.69 Å². The van der Waals surface area contributed by atoms with E-state index < -0.39 is 5.54 Å². The molecule has 0 bridgehead atoms. The van der Waals surface area contributed by atoms with Crippen LogP contribution in [0.2, 0.25) is 0 Å². The first-order valence-electron chi connectivity index (χ1n) is 7.72. The molecule has 24 heavy (non-hydrogen) atoms. The lowest BCUT2D eigenvalue weighted by atomic mass is 9.78. The van der Waals surface area contributed by atoms with E-state index in [0.717, 1.165) is 28.1 Å². The number of aliphatic imine (C=N–C) groups is 1. The first-order valence-corrected chi connectivity index (χ1v) is 7.72. The van der Waals surface area contributed by atoms with Crippen LogP contribution < -0.4 is 0 Å². The number of fused-ring (bicyclic) bond motifs is 1. The molecule has 3 aromatic carbocycles. The fourth-order valence-corrected chi connectivity index (χ4v) is 3.27. The molecule has 0 aromatic heterocycles. The molecule has 0 fully saturated rings. The Morgan fingerprint density at radius 3 is 2.12 bits per heavy atom. The molecular formula is C20H14N4. The maximum atomic E-state index is 9.35. The average molecular weight is 310 g/mol. The molecule has 1 heterocycles. The molecule has 4 rings (SSSR count). The average Bonchev–Trinajstić information content (AvgIpc) is 2.99. The molecule has 4 heteroatoms. The number of hydrogen-bond donors (Lipinski definition) is 0. The fourth-order valence-electron chi connectivity index (χ4n) is 3.27. The van der Waals surface area contributed by atoms with Crippen molar-refractivity contribution in [3.63, 3.8) is 0 Å². The zero-order chi connectivity index (χ0) is 16.4. The molecule has 1 aliphatic heterocycles.